The van der Waals surface area contributed by atoms with E-state index >= 15 is 0 Å². The molecule has 1 amide bonds. The second-order valence-electron chi connectivity index (χ2n) is 8.77. The predicted octanol–water partition coefficient (Wildman–Crippen LogP) is 3.27. The van der Waals surface area contributed by atoms with Crippen LogP contribution in [0, 0.1) is 5.82 Å². The van der Waals surface area contributed by atoms with Gasteiger partial charge in [0.05, 0.1) is 18.8 Å². The number of halogens is 1. The number of sulfonamides is 1. The number of nitrogens with zero attached hydrogens (tertiary/aromatic N) is 2. The Morgan fingerprint density at radius 2 is 1.55 bits per heavy atom. The van der Waals surface area contributed by atoms with Crippen LogP contribution >= 0.6 is 0 Å². The lowest BCUT2D eigenvalue weighted by molar-refractivity contribution is -0.135. The lowest BCUT2D eigenvalue weighted by Gasteiger charge is -2.26. The summed E-state index contributed by atoms with van der Waals surface area (Å²) in [5, 5.41) is 0. The fourth-order valence-corrected chi connectivity index (χ4v) is 5.56. The molecule has 1 heterocycles. The molecule has 0 radical (unpaired) electrons. The van der Waals surface area contributed by atoms with E-state index in [0.717, 1.165) is 33.6 Å². The van der Waals surface area contributed by atoms with Crippen LogP contribution in [0.2, 0.25) is 0 Å². The van der Waals surface area contributed by atoms with Crippen LogP contribution in [0.5, 0.6) is 0 Å². The Labute approximate surface area is 221 Å². The molecular formula is C28H29FN2O6S. The number of hydrogen-bond acceptors (Lipinski definition) is 6. The van der Waals surface area contributed by atoms with Gasteiger partial charge in [0.1, 0.15) is 10.7 Å². The van der Waals surface area contributed by atoms with Gasteiger partial charge in [-0.05, 0) is 35.7 Å². The molecule has 8 nitrogen and oxygen atoms in total. The highest BCUT2D eigenvalue weighted by Gasteiger charge is 2.30. The lowest BCUT2D eigenvalue weighted by Crippen LogP contribution is -2.41. The van der Waals surface area contributed by atoms with Crippen LogP contribution < -0.4 is 0 Å². The van der Waals surface area contributed by atoms with E-state index < -0.39 is 39.2 Å². The molecule has 1 saturated heterocycles. The van der Waals surface area contributed by atoms with E-state index in [1.807, 2.05) is 60.7 Å². The number of benzene rings is 3. The first-order valence-corrected chi connectivity index (χ1v) is 13.7. The standard InChI is InChI=1S/C28H29FN2O6S/c29-25-12-11-24(19-26(25)38(34,35)31-15-17-36-18-16-31)28(33)37-21-27(32)30(20-23-9-5-2-6-10-23)14-13-22-7-3-1-4-8-22/h1-12,19H,13-18,20-21H2. The molecule has 0 bridgehead atoms. The van der Waals surface area contributed by atoms with Crippen LogP contribution in [0.4, 0.5) is 4.39 Å². The van der Waals surface area contributed by atoms with Crippen molar-refractivity contribution in [3.63, 3.8) is 0 Å². The summed E-state index contributed by atoms with van der Waals surface area (Å²) in [7, 11) is -4.17. The van der Waals surface area contributed by atoms with Gasteiger partial charge in [0.15, 0.2) is 6.61 Å². The Kier molecular flexibility index (Phi) is 9.22. The molecule has 3 aromatic rings. The second-order valence-corrected chi connectivity index (χ2v) is 10.7. The minimum absolute atomic E-state index is 0.0885. The molecule has 1 fully saturated rings. The molecule has 0 N–H and O–H groups in total. The van der Waals surface area contributed by atoms with Gasteiger partial charge in [-0.15, -0.1) is 0 Å². The molecule has 0 aromatic heterocycles. The zero-order chi connectivity index (χ0) is 27.0. The molecule has 0 aliphatic carbocycles. The zero-order valence-electron chi connectivity index (χ0n) is 20.8. The largest absolute Gasteiger partial charge is 0.452 e. The molecule has 3 aromatic carbocycles. The van der Waals surface area contributed by atoms with E-state index in [9.17, 15) is 22.4 Å². The van der Waals surface area contributed by atoms with Crippen LogP contribution in [-0.2, 0) is 37.3 Å². The molecule has 10 heteroatoms. The number of ether oxygens (including phenoxy) is 2. The highest BCUT2D eigenvalue weighted by molar-refractivity contribution is 7.89. The fraction of sp³-hybridized carbons (Fsp3) is 0.286. The number of carbonyl (C=O) groups is 2. The van der Waals surface area contributed by atoms with Gasteiger partial charge >= 0.3 is 5.97 Å². The Bertz CT molecular complexity index is 1350. The average Bonchev–Trinajstić information content (AvgIpc) is 2.95. The van der Waals surface area contributed by atoms with E-state index in [4.69, 9.17) is 9.47 Å². The number of hydrogen-bond donors (Lipinski definition) is 0. The summed E-state index contributed by atoms with van der Waals surface area (Å²) < 4.78 is 51.8. The Morgan fingerprint density at radius 1 is 0.921 bits per heavy atom. The number of rotatable bonds is 10. The van der Waals surface area contributed by atoms with Gasteiger partial charge in [0.25, 0.3) is 5.91 Å². The maximum absolute atomic E-state index is 14.5. The van der Waals surface area contributed by atoms with Gasteiger partial charge in [-0.3, -0.25) is 4.79 Å². The number of morpholine rings is 1. The van der Waals surface area contributed by atoms with Crippen LogP contribution in [0.25, 0.3) is 0 Å². The molecule has 0 unspecified atom stereocenters. The van der Waals surface area contributed by atoms with Crippen molar-refractivity contribution in [3.8, 4) is 0 Å². The SMILES string of the molecule is O=C(OCC(=O)N(CCc1ccccc1)Cc1ccccc1)c1ccc(F)c(S(=O)(=O)N2CCOCC2)c1. The monoisotopic (exact) mass is 540 g/mol. The Morgan fingerprint density at radius 3 is 2.21 bits per heavy atom. The smallest absolute Gasteiger partial charge is 0.338 e. The van der Waals surface area contributed by atoms with Gasteiger partial charge in [-0.25, -0.2) is 17.6 Å². The fourth-order valence-electron chi connectivity index (χ4n) is 4.06. The highest BCUT2D eigenvalue weighted by Crippen LogP contribution is 2.22. The van der Waals surface area contributed by atoms with Gasteiger partial charge in [0, 0.05) is 26.2 Å². The molecule has 1 aliphatic heterocycles. The van der Waals surface area contributed by atoms with Crippen molar-refractivity contribution in [2.75, 3.05) is 39.5 Å². The molecule has 38 heavy (non-hydrogen) atoms. The maximum atomic E-state index is 14.5. The predicted molar refractivity (Wildman–Crippen MR) is 138 cm³/mol. The number of carbonyl (C=O) groups excluding carboxylic acids is 2. The quantitative estimate of drug-likeness (QED) is 0.367. The maximum Gasteiger partial charge on any atom is 0.338 e. The van der Waals surface area contributed by atoms with E-state index in [1.165, 1.54) is 0 Å². The summed E-state index contributed by atoms with van der Waals surface area (Å²) in [5.41, 5.74) is 1.83. The normalized spacial score (nSPS) is 14.1. The van der Waals surface area contributed by atoms with E-state index in [-0.39, 0.29) is 31.9 Å². The summed E-state index contributed by atoms with van der Waals surface area (Å²) in [6.45, 7) is 0.791. The van der Waals surface area contributed by atoms with Crippen molar-refractivity contribution in [2.45, 2.75) is 17.9 Å². The van der Waals surface area contributed by atoms with Crippen LogP contribution in [0.15, 0.2) is 83.8 Å². The third-order valence-corrected chi connectivity index (χ3v) is 8.08. The Hall–Kier alpha value is -3.60. The van der Waals surface area contributed by atoms with Crippen molar-refractivity contribution >= 4 is 21.9 Å². The van der Waals surface area contributed by atoms with Crippen molar-refractivity contribution in [1.29, 1.82) is 0 Å². The molecule has 1 aliphatic rings. The van der Waals surface area contributed by atoms with Crippen LogP contribution in [-0.4, -0.2) is 69.0 Å². The second kappa shape index (κ2) is 12.8. The summed E-state index contributed by atoms with van der Waals surface area (Å²) in [4.78, 5) is 26.8. The van der Waals surface area contributed by atoms with Crippen molar-refractivity contribution in [2.24, 2.45) is 0 Å². The molecular weight excluding hydrogens is 511 g/mol. The highest BCUT2D eigenvalue weighted by atomic mass is 32.2. The first-order chi connectivity index (χ1) is 18.3. The summed E-state index contributed by atoms with van der Waals surface area (Å²) >= 11 is 0. The average molecular weight is 541 g/mol. The topological polar surface area (TPSA) is 93.2 Å². The zero-order valence-corrected chi connectivity index (χ0v) is 21.6. The molecule has 200 valence electrons. The minimum atomic E-state index is -4.17. The van der Waals surface area contributed by atoms with Crippen molar-refractivity contribution in [3.05, 3.63) is 101 Å². The van der Waals surface area contributed by atoms with Gasteiger partial charge < -0.3 is 14.4 Å². The van der Waals surface area contributed by atoms with Gasteiger partial charge in [-0.2, -0.15) is 4.31 Å². The minimum Gasteiger partial charge on any atom is -0.452 e. The number of esters is 1. The van der Waals surface area contributed by atoms with Crippen molar-refractivity contribution in [1.82, 2.24) is 9.21 Å². The van der Waals surface area contributed by atoms with E-state index in [1.54, 1.807) is 4.90 Å². The first kappa shape index (κ1) is 27.4. The molecule has 0 atom stereocenters. The molecule has 4 rings (SSSR count). The number of amides is 1. The lowest BCUT2D eigenvalue weighted by atomic mass is 10.1. The van der Waals surface area contributed by atoms with Gasteiger partial charge in [0.2, 0.25) is 10.0 Å². The molecule has 0 spiro atoms. The summed E-state index contributed by atoms with van der Waals surface area (Å²) in [5.74, 6) is -2.29. The van der Waals surface area contributed by atoms with Crippen LogP contribution in [0.1, 0.15) is 21.5 Å². The third-order valence-electron chi connectivity index (χ3n) is 6.16. The van der Waals surface area contributed by atoms with Crippen molar-refractivity contribution < 1.29 is 31.9 Å². The molecule has 0 saturated carbocycles. The van der Waals surface area contributed by atoms with E-state index in [0.29, 0.717) is 19.5 Å². The summed E-state index contributed by atoms with van der Waals surface area (Å²) in [6.07, 6.45) is 0.619. The summed E-state index contributed by atoms with van der Waals surface area (Å²) in [6, 6.07) is 22.2. The van der Waals surface area contributed by atoms with E-state index in [2.05, 4.69) is 0 Å². The third kappa shape index (κ3) is 7.03. The first-order valence-electron chi connectivity index (χ1n) is 12.2. The van der Waals surface area contributed by atoms with Gasteiger partial charge in [-0.1, -0.05) is 60.7 Å². The van der Waals surface area contributed by atoms with Crippen LogP contribution in [0.3, 0.4) is 0 Å². The Balaban J connectivity index is 1.44.